The smallest absolute Gasteiger partial charge is 0.102 e. The maximum atomic E-state index is 6.10. The molecule has 2 N–H and O–H groups in total. The molecule has 96 valence electrons. The van der Waals surface area contributed by atoms with Crippen molar-refractivity contribution < 1.29 is 0 Å². The summed E-state index contributed by atoms with van der Waals surface area (Å²) in [6.45, 7) is 3.69. The third-order valence-corrected chi connectivity index (χ3v) is 3.41. The lowest BCUT2D eigenvalue weighted by molar-refractivity contribution is 0.533. The van der Waals surface area contributed by atoms with E-state index in [1.165, 1.54) is 4.68 Å². The average Bonchev–Trinajstić information content (AvgIpc) is 2.72. The van der Waals surface area contributed by atoms with Gasteiger partial charge in [-0.3, -0.25) is 0 Å². The van der Waals surface area contributed by atoms with Gasteiger partial charge in [0.05, 0.1) is 32.5 Å². The summed E-state index contributed by atoms with van der Waals surface area (Å²) in [5.41, 5.74) is 6.64. The van der Waals surface area contributed by atoms with Gasteiger partial charge in [0.15, 0.2) is 0 Å². The van der Waals surface area contributed by atoms with Crippen molar-refractivity contribution in [2.24, 2.45) is 5.73 Å². The van der Waals surface area contributed by atoms with E-state index in [2.05, 4.69) is 10.3 Å². The van der Waals surface area contributed by atoms with Crippen molar-refractivity contribution in [3.05, 3.63) is 39.1 Å². The van der Waals surface area contributed by atoms with Crippen LogP contribution >= 0.6 is 34.8 Å². The van der Waals surface area contributed by atoms with E-state index in [9.17, 15) is 0 Å². The van der Waals surface area contributed by atoms with Crippen molar-refractivity contribution in [2.45, 2.75) is 19.4 Å². The molecular weight excluding hydrogens is 295 g/mol. The van der Waals surface area contributed by atoms with Crippen LogP contribution in [-0.2, 0) is 5.54 Å². The number of rotatable bonds is 2. The zero-order valence-electron chi connectivity index (χ0n) is 9.78. The van der Waals surface area contributed by atoms with Crippen LogP contribution in [0.3, 0.4) is 0 Å². The molecule has 0 radical (unpaired) electrons. The lowest BCUT2D eigenvalue weighted by Gasteiger charge is -2.13. The van der Waals surface area contributed by atoms with Crippen molar-refractivity contribution >= 4 is 34.8 Å². The second kappa shape index (κ2) is 4.70. The third-order valence-electron chi connectivity index (χ3n) is 2.39. The number of nitrogens with zero attached hydrogens (tertiary/aromatic N) is 3. The van der Waals surface area contributed by atoms with Crippen LogP contribution in [0.4, 0.5) is 0 Å². The Morgan fingerprint density at radius 2 is 1.72 bits per heavy atom. The molecule has 2 aromatic rings. The fourth-order valence-electron chi connectivity index (χ4n) is 1.36. The van der Waals surface area contributed by atoms with Crippen molar-refractivity contribution in [2.75, 3.05) is 0 Å². The number of halogens is 3. The number of nitrogens with two attached hydrogens (primary N) is 1. The molecule has 0 atom stereocenters. The molecule has 18 heavy (non-hydrogen) atoms. The van der Waals surface area contributed by atoms with Gasteiger partial charge >= 0.3 is 0 Å². The number of benzene rings is 1. The summed E-state index contributed by atoms with van der Waals surface area (Å²) < 4.78 is 1.52. The van der Waals surface area contributed by atoms with E-state index in [0.29, 0.717) is 26.4 Å². The first-order valence-electron chi connectivity index (χ1n) is 5.15. The minimum absolute atomic E-state index is 0.393. The molecule has 4 nitrogen and oxygen atoms in total. The maximum absolute atomic E-state index is 6.10. The van der Waals surface area contributed by atoms with Crippen LogP contribution in [0.5, 0.6) is 0 Å². The Morgan fingerprint density at radius 3 is 2.28 bits per heavy atom. The zero-order valence-corrected chi connectivity index (χ0v) is 12.1. The molecule has 0 bridgehead atoms. The van der Waals surface area contributed by atoms with Crippen molar-refractivity contribution in [1.29, 1.82) is 0 Å². The largest absolute Gasteiger partial charge is 0.320 e. The topological polar surface area (TPSA) is 56.7 Å². The predicted octanol–water partition coefficient (Wildman–Crippen LogP) is 3.42. The lowest BCUT2D eigenvalue weighted by Crippen LogP contribution is -2.29. The van der Waals surface area contributed by atoms with Crippen LogP contribution in [0.15, 0.2) is 18.3 Å². The Hall–Kier alpha value is -0.810. The minimum atomic E-state index is -0.569. The van der Waals surface area contributed by atoms with Gasteiger partial charge in [0.2, 0.25) is 0 Å². The SMILES string of the molecule is CC(C)(N)c1cn(-c2cc(Cl)c(Cl)cc2Cl)nn1. The molecule has 1 heterocycles. The molecule has 0 saturated heterocycles. The van der Waals surface area contributed by atoms with Crippen LogP contribution in [0, 0.1) is 0 Å². The summed E-state index contributed by atoms with van der Waals surface area (Å²) in [7, 11) is 0. The van der Waals surface area contributed by atoms with Crippen molar-refractivity contribution in [3.8, 4) is 5.69 Å². The summed E-state index contributed by atoms with van der Waals surface area (Å²) in [5.74, 6) is 0. The molecule has 2 rings (SSSR count). The first kappa shape index (κ1) is 13.6. The second-order valence-corrected chi connectivity index (χ2v) is 5.71. The molecule has 0 unspecified atom stereocenters. The highest BCUT2D eigenvalue weighted by Crippen LogP contribution is 2.31. The van der Waals surface area contributed by atoms with E-state index in [0.717, 1.165) is 0 Å². The predicted molar refractivity (Wildman–Crippen MR) is 73.6 cm³/mol. The van der Waals surface area contributed by atoms with E-state index in [4.69, 9.17) is 40.5 Å². The van der Waals surface area contributed by atoms with Gasteiger partial charge in [-0.05, 0) is 26.0 Å². The Kier molecular flexibility index (Phi) is 3.56. The highest BCUT2D eigenvalue weighted by atomic mass is 35.5. The van der Waals surface area contributed by atoms with Gasteiger partial charge in [0, 0.05) is 0 Å². The molecular formula is C11H11Cl3N4. The Balaban J connectivity index is 2.50. The molecule has 0 aliphatic rings. The number of hydrogen-bond acceptors (Lipinski definition) is 3. The quantitative estimate of drug-likeness (QED) is 0.865. The summed E-state index contributed by atoms with van der Waals surface area (Å²) >= 11 is 17.9. The molecule has 0 amide bonds. The molecule has 0 fully saturated rings. The maximum Gasteiger partial charge on any atom is 0.102 e. The highest BCUT2D eigenvalue weighted by Gasteiger charge is 2.19. The van der Waals surface area contributed by atoms with Crippen molar-refractivity contribution in [3.63, 3.8) is 0 Å². The first-order valence-corrected chi connectivity index (χ1v) is 6.29. The van der Waals surface area contributed by atoms with E-state index in [1.807, 2.05) is 13.8 Å². The lowest BCUT2D eigenvalue weighted by atomic mass is 10.0. The van der Waals surface area contributed by atoms with Gasteiger partial charge in [-0.2, -0.15) is 0 Å². The standard InChI is InChI=1S/C11H11Cl3N4/c1-11(2,15)10-5-18(17-16-10)9-4-7(13)6(12)3-8(9)14/h3-5H,15H2,1-2H3. The molecule has 1 aromatic heterocycles. The minimum Gasteiger partial charge on any atom is -0.320 e. The number of aromatic nitrogens is 3. The van der Waals surface area contributed by atoms with E-state index in [-0.39, 0.29) is 0 Å². The summed E-state index contributed by atoms with van der Waals surface area (Å²) in [6.07, 6.45) is 1.71. The molecule has 0 saturated carbocycles. The fourth-order valence-corrected chi connectivity index (χ4v) is 1.99. The van der Waals surface area contributed by atoms with Gasteiger partial charge in [-0.15, -0.1) is 5.10 Å². The zero-order chi connectivity index (χ0) is 13.5. The summed E-state index contributed by atoms with van der Waals surface area (Å²) in [5, 5.41) is 9.23. The van der Waals surface area contributed by atoms with Crippen LogP contribution in [0.1, 0.15) is 19.5 Å². The Bertz CT molecular complexity index is 586. The van der Waals surface area contributed by atoms with Gasteiger partial charge in [0.25, 0.3) is 0 Å². The van der Waals surface area contributed by atoms with Crippen LogP contribution < -0.4 is 5.73 Å². The molecule has 0 aliphatic heterocycles. The Labute approximate surface area is 120 Å². The second-order valence-electron chi connectivity index (χ2n) is 4.49. The van der Waals surface area contributed by atoms with Crippen molar-refractivity contribution in [1.82, 2.24) is 15.0 Å². The van der Waals surface area contributed by atoms with E-state index >= 15 is 0 Å². The van der Waals surface area contributed by atoms with Crippen LogP contribution in [0.2, 0.25) is 15.1 Å². The highest BCUT2D eigenvalue weighted by molar-refractivity contribution is 6.43. The van der Waals surface area contributed by atoms with Gasteiger partial charge < -0.3 is 5.73 Å². The molecule has 1 aromatic carbocycles. The first-order chi connectivity index (χ1) is 8.29. The average molecular weight is 306 g/mol. The van der Waals surface area contributed by atoms with E-state index in [1.54, 1.807) is 18.3 Å². The Morgan fingerprint density at radius 1 is 1.11 bits per heavy atom. The molecule has 0 spiro atoms. The van der Waals surface area contributed by atoms with Crippen LogP contribution in [-0.4, -0.2) is 15.0 Å². The van der Waals surface area contributed by atoms with Gasteiger partial charge in [0.1, 0.15) is 5.69 Å². The molecule has 7 heteroatoms. The van der Waals surface area contributed by atoms with E-state index < -0.39 is 5.54 Å². The monoisotopic (exact) mass is 304 g/mol. The molecule has 0 aliphatic carbocycles. The van der Waals surface area contributed by atoms with Gasteiger partial charge in [-0.25, -0.2) is 4.68 Å². The third kappa shape index (κ3) is 2.62. The number of hydrogen-bond donors (Lipinski definition) is 1. The normalized spacial score (nSPS) is 11.9. The van der Waals surface area contributed by atoms with Crippen LogP contribution in [0.25, 0.3) is 5.69 Å². The summed E-state index contributed by atoms with van der Waals surface area (Å²) in [4.78, 5) is 0. The fraction of sp³-hybridized carbons (Fsp3) is 0.273. The summed E-state index contributed by atoms with van der Waals surface area (Å²) in [6, 6.07) is 3.20. The van der Waals surface area contributed by atoms with Gasteiger partial charge in [-0.1, -0.05) is 40.0 Å².